The fraction of sp³-hybridized carbons (Fsp3) is 0.200. The standard InChI is InChI=1S/C10H10ClNO/c1-6-2-3-9(11)8-4-7(5-12)13-10(6)8/h2-4H,5,12H2,1H3. The third-order valence-corrected chi connectivity index (χ3v) is 2.41. The first-order valence-electron chi connectivity index (χ1n) is 4.10. The van der Waals surface area contributed by atoms with Gasteiger partial charge in [0.1, 0.15) is 11.3 Å². The van der Waals surface area contributed by atoms with Crippen LogP contribution in [0.5, 0.6) is 0 Å². The summed E-state index contributed by atoms with van der Waals surface area (Å²) in [4.78, 5) is 0. The van der Waals surface area contributed by atoms with Crippen LogP contribution in [0.4, 0.5) is 0 Å². The first kappa shape index (κ1) is 8.60. The predicted octanol–water partition coefficient (Wildman–Crippen LogP) is 2.85. The lowest BCUT2D eigenvalue weighted by Crippen LogP contribution is -1.92. The topological polar surface area (TPSA) is 39.2 Å². The molecule has 2 rings (SSSR count). The van der Waals surface area contributed by atoms with Crippen molar-refractivity contribution in [2.24, 2.45) is 5.73 Å². The van der Waals surface area contributed by atoms with Crippen molar-refractivity contribution in [3.05, 3.63) is 34.5 Å². The molecule has 0 spiro atoms. The number of hydrogen-bond donors (Lipinski definition) is 1. The highest BCUT2D eigenvalue weighted by atomic mass is 35.5. The van der Waals surface area contributed by atoms with Gasteiger partial charge < -0.3 is 10.2 Å². The summed E-state index contributed by atoms with van der Waals surface area (Å²) >= 11 is 6.00. The van der Waals surface area contributed by atoms with Crippen molar-refractivity contribution in [1.29, 1.82) is 0 Å². The molecule has 0 atom stereocenters. The van der Waals surface area contributed by atoms with Crippen LogP contribution in [0.25, 0.3) is 11.0 Å². The van der Waals surface area contributed by atoms with Crippen molar-refractivity contribution in [2.75, 3.05) is 0 Å². The predicted molar refractivity (Wildman–Crippen MR) is 53.9 cm³/mol. The zero-order valence-electron chi connectivity index (χ0n) is 7.30. The molecule has 0 aliphatic rings. The number of rotatable bonds is 1. The molecule has 0 saturated heterocycles. The summed E-state index contributed by atoms with van der Waals surface area (Å²) in [5.74, 6) is 0.770. The minimum atomic E-state index is 0.407. The maximum absolute atomic E-state index is 6.00. The van der Waals surface area contributed by atoms with Gasteiger partial charge in [0.2, 0.25) is 0 Å². The van der Waals surface area contributed by atoms with Gasteiger partial charge in [-0.25, -0.2) is 0 Å². The smallest absolute Gasteiger partial charge is 0.138 e. The van der Waals surface area contributed by atoms with Crippen LogP contribution < -0.4 is 5.73 Å². The third kappa shape index (κ3) is 1.32. The molecule has 0 aliphatic heterocycles. The summed E-state index contributed by atoms with van der Waals surface area (Å²) in [5.41, 5.74) is 7.40. The maximum atomic E-state index is 6.00. The number of hydrogen-bond acceptors (Lipinski definition) is 2. The molecule has 3 heteroatoms. The molecule has 0 aliphatic carbocycles. The molecule has 0 radical (unpaired) electrons. The van der Waals surface area contributed by atoms with Crippen molar-refractivity contribution in [3.8, 4) is 0 Å². The molecule has 2 aromatic rings. The fourth-order valence-electron chi connectivity index (χ4n) is 1.38. The van der Waals surface area contributed by atoms with Crippen LogP contribution in [0.3, 0.4) is 0 Å². The second-order valence-corrected chi connectivity index (χ2v) is 3.43. The van der Waals surface area contributed by atoms with Crippen molar-refractivity contribution in [2.45, 2.75) is 13.5 Å². The van der Waals surface area contributed by atoms with Crippen molar-refractivity contribution in [3.63, 3.8) is 0 Å². The Kier molecular flexibility index (Phi) is 2.02. The van der Waals surface area contributed by atoms with E-state index in [1.54, 1.807) is 0 Å². The number of fused-ring (bicyclic) bond motifs is 1. The second kappa shape index (κ2) is 3.05. The number of halogens is 1. The molecular weight excluding hydrogens is 186 g/mol. The number of nitrogens with two attached hydrogens (primary N) is 1. The van der Waals surface area contributed by atoms with Gasteiger partial charge in [0.15, 0.2) is 0 Å². The zero-order valence-corrected chi connectivity index (χ0v) is 8.06. The number of furan rings is 1. The summed E-state index contributed by atoms with van der Waals surface area (Å²) in [7, 11) is 0. The van der Waals surface area contributed by atoms with E-state index < -0.39 is 0 Å². The normalized spacial score (nSPS) is 11.0. The molecule has 68 valence electrons. The average molecular weight is 196 g/mol. The summed E-state index contributed by atoms with van der Waals surface area (Å²) in [6.07, 6.45) is 0. The summed E-state index contributed by atoms with van der Waals surface area (Å²) in [5, 5.41) is 1.66. The molecule has 1 aromatic carbocycles. The van der Waals surface area contributed by atoms with Crippen LogP contribution in [-0.4, -0.2) is 0 Å². The molecule has 0 fully saturated rings. The number of benzene rings is 1. The van der Waals surface area contributed by atoms with Gasteiger partial charge >= 0.3 is 0 Å². The lowest BCUT2D eigenvalue weighted by Gasteiger charge is -1.95. The average Bonchev–Trinajstić information content (AvgIpc) is 2.56. The first-order chi connectivity index (χ1) is 6.22. The Morgan fingerprint density at radius 3 is 2.85 bits per heavy atom. The van der Waals surface area contributed by atoms with E-state index in [9.17, 15) is 0 Å². The minimum Gasteiger partial charge on any atom is -0.459 e. The Hall–Kier alpha value is -0.990. The molecule has 0 unspecified atom stereocenters. The molecule has 0 amide bonds. The quantitative estimate of drug-likeness (QED) is 0.760. The summed E-state index contributed by atoms with van der Waals surface area (Å²) < 4.78 is 5.52. The van der Waals surface area contributed by atoms with Crippen LogP contribution in [0.2, 0.25) is 5.02 Å². The second-order valence-electron chi connectivity index (χ2n) is 3.02. The molecular formula is C10H10ClNO. The van der Waals surface area contributed by atoms with Gasteiger partial charge in [-0.3, -0.25) is 0 Å². The van der Waals surface area contributed by atoms with Crippen LogP contribution in [-0.2, 0) is 6.54 Å². The van der Waals surface area contributed by atoms with E-state index in [4.69, 9.17) is 21.8 Å². The van der Waals surface area contributed by atoms with E-state index in [1.807, 2.05) is 25.1 Å². The van der Waals surface area contributed by atoms with E-state index in [0.717, 1.165) is 22.3 Å². The molecule has 13 heavy (non-hydrogen) atoms. The van der Waals surface area contributed by atoms with E-state index in [1.165, 1.54) is 0 Å². The fourth-order valence-corrected chi connectivity index (χ4v) is 1.58. The summed E-state index contributed by atoms with van der Waals surface area (Å²) in [6, 6.07) is 5.70. The van der Waals surface area contributed by atoms with Crippen LogP contribution >= 0.6 is 11.6 Å². The van der Waals surface area contributed by atoms with Crippen molar-refractivity contribution < 1.29 is 4.42 Å². The van der Waals surface area contributed by atoms with Gasteiger partial charge in [-0.15, -0.1) is 0 Å². The monoisotopic (exact) mass is 195 g/mol. The number of aryl methyl sites for hydroxylation is 1. The van der Waals surface area contributed by atoms with Gasteiger partial charge in [-0.2, -0.15) is 0 Å². The Morgan fingerprint density at radius 1 is 1.46 bits per heavy atom. The van der Waals surface area contributed by atoms with Crippen LogP contribution in [0.15, 0.2) is 22.6 Å². The Labute approximate surface area is 81.3 Å². The highest BCUT2D eigenvalue weighted by Gasteiger charge is 2.07. The Bertz CT molecular complexity index is 408. The van der Waals surface area contributed by atoms with Gasteiger partial charge in [-0.05, 0) is 24.6 Å². The van der Waals surface area contributed by atoms with Crippen molar-refractivity contribution in [1.82, 2.24) is 0 Å². The highest BCUT2D eigenvalue weighted by molar-refractivity contribution is 6.35. The largest absolute Gasteiger partial charge is 0.459 e. The molecule has 2 nitrogen and oxygen atoms in total. The first-order valence-corrected chi connectivity index (χ1v) is 4.48. The van der Waals surface area contributed by atoms with Gasteiger partial charge in [0, 0.05) is 5.39 Å². The molecule has 0 saturated carbocycles. The van der Waals surface area contributed by atoms with E-state index >= 15 is 0 Å². The Balaban J connectivity index is 2.80. The highest BCUT2D eigenvalue weighted by Crippen LogP contribution is 2.29. The van der Waals surface area contributed by atoms with Gasteiger partial charge in [0.25, 0.3) is 0 Å². The van der Waals surface area contributed by atoms with E-state index in [2.05, 4.69) is 0 Å². The summed E-state index contributed by atoms with van der Waals surface area (Å²) in [6.45, 7) is 2.40. The molecule has 0 bridgehead atoms. The van der Waals surface area contributed by atoms with Gasteiger partial charge in [-0.1, -0.05) is 17.7 Å². The SMILES string of the molecule is Cc1ccc(Cl)c2cc(CN)oc12. The van der Waals surface area contributed by atoms with E-state index in [-0.39, 0.29) is 0 Å². The van der Waals surface area contributed by atoms with Gasteiger partial charge in [0.05, 0.1) is 11.6 Å². The van der Waals surface area contributed by atoms with E-state index in [0.29, 0.717) is 11.6 Å². The molecule has 2 N–H and O–H groups in total. The Morgan fingerprint density at radius 2 is 2.23 bits per heavy atom. The van der Waals surface area contributed by atoms with Crippen molar-refractivity contribution >= 4 is 22.6 Å². The maximum Gasteiger partial charge on any atom is 0.138 e. The molecule has 1 aromatic heterocycles. The minimum absolute atomic E-state index is 0.407. The lowest BCUT2D eigenvalue weighted by molar-refractivity contribution is 0.550. The third-order valence-electron chi connectivity index (χ3n) is 2.08. The van der Waals surface area contributed by atoms with Crippen LogP contribution in [0.1, 0.15) is 11.3 Å². The zero-order chi connectivity index (χ0) is 9.42. The lowest BCUT2D eigenvalue weighted by atomic mass is 10.2. The molecule has 1 heterocycles. The van der Waals surface area contributed by atoms with Crippen LogP contribution in [0, 0.1) is 6.92 Å².